The topological polar surface area (TPSA) is 65.5 Å². The molecule has 7 heteroatoms. The maximum atomic E-state index is 14.5. The van der Waals surface area contributed by atoms with Crippen LogP contribution in [0.4, 0.5) is 10.2 Å². The van der Waals surface area contributed by atoms with Gasteiger partial charge in [0, 0.05) is 45.3 Å². The van der Waals surface area contributed by atoms with Gasteiger partial charge in [-0.05, 0) is 55.9 Å². The van der Waals surface area contributed by atoms with Crippen molar-refractivity contribution >= 4 is 17.6 Å². The first-order valence-corrected chi connectivity index (χ1v) is 11.4. The van der Waals surface area contributed by atoms with Gasteiger partial charge in [0.25, 0.3) is 0 Å². The summed E-state index contributed by atoms with van der Waals surface area (Å²) in [5.41, 5.74) is -0.167. The number of nitrogens with zero attached hydrogens (tertiary/aromatic N) is 3. The molecule has 170 valence electrons. The quantitative estimate of drug-likeness (QED) is 0.779. The van der Waals surface area contributed by atoms with Crippen LogP contribution in [0.15, 0.2) is 48.7 Å². The van der Waals surface area contributed by atoms with Crippen LogP contribution in [0, 0.1) is 11.2 Å². The zero-order valence-electron chi connectivity index (χ0n) is 18.6. The maximum Gasteiger partial charge on any atom is 0.226 e. The van der Waals surface area contributed by atoms with Crippen LogP contribution >= 0.6 is 0 Å². The van der Waals surface area contributed by atoms with Gasteiger partial charge >= 0.3 is 0 Å². The Labute approximate surface area is 188 Å². The Hall–Kier alpha value is -2.96. The van der Waals surface area contributed by atoms with Gasteiger partial charge in [-0.1, -0.05) is 24.3 Å². The molecule has 2 saturated heterocycles. The maximum absolute atomic E-state index is 14.5. The molecule has 0 spiro atoms. The van der Waals surface area contributed by atoms with Crippen molar-refractivity contribution in [1.29, 1.82) is 0 Å². The molecule has 0 bridgehead atoms. The van der Waals surface area contributed by atoms with Gasteiger partial charge in [-0.25, -0.2) is 9.37 Å². The van der Waals surface area contributed by atoms with Crippen LogP contribution in [0.25, 0.3) is 0 Å². The Morgan fingerprint density at radius 3 is 2.56 bits per heavy atom. The lowest BCUT2D eigenvalue weighted by Gasteiger charge is -2.42. The third-order valence-corrected chi connectivity index (χ3v) is 6.86. The minimum absolute atomic E-state index is 0.0154. The summed E-state index contributed by atoms with van der Waals surface area (Å²) in [7, 11) is 0. The fraction of sp³-hybridized carbons (Fsp3) is 0.480. The van der Waals surface area contributed by atoms with Gasteiger partial charge in [-0.15, -0.1) is 0 Å². The standard InChI is InChI=1S/C25H31FN4O2/c1-19(31)29-15-11-25(12-16-29,17-20-7-2-3-9-22(20)26)24(32)28-21-8-6-14-30(18-21)23-10-4-5-13-27-23/h2-5,7,9-10,13,21H,6,8,11-12,14-18H2,1H3,(H,28,32). The lowest BCUT2D eigenvalue weighted by atomic mass is 9.72. The molecule has 1 aromatic carbocycles. The molecule has 1 unspecified atom stereocenters. The Kier molecular flexibility index (Phi) is 6.72. The highest BCUT2D eigenvalue weighted by atomic mass is 19.1. The molecule has 4 rings (SSSR count). The van der Waals surface area contributed by atoms with Crippen molar-refractivity contribution in [3.8, 4) is 0 Å². The Morgan fingerprint density at radius 2 is 1.88 bits per heavy atom. The molecule has 6 nitrogen and oxygen atoms in total. The summed E-state index contributed by atoms with van der Waals surface area (Å²) in [5.74, 6) is 0.620. The van der Waals surface area contributed by atoms with E-state index in [1.54, 1.807) is 36.2 Å². The first-order chi connectivity index (χ1) is 15.5. The highest BCUT2D eigenvalue weighted by Gasteiger charge is 2.43. The Balaban J connectivity index is 1.50. The van der Waals surface area contributed by atoms with E-state index in [2.05, 4.69) is 15.2 Å². The molecule has 2 aliphatic heterocycles. The zero-order valence-corrected chi connectivity index (χ0v) is 18.6. The summed E-state index contributed by atoms with van der Waals surface area (Å²) in [6.07, 6.45) is 5.06. The van der Waals surface area contributed by atoms with E-state index in [9.17, 15) is 14.0 Å². The number of aromatic nitrogens is 1. The third kappa shape index (κ3) is 4.92. The van der Waals surface area contributed by atoms with Gasteiger partial charge in [0.15, 0.2) is 0 Å². The molecule has 32 heavy (non-hydrogen) atoms. The van der Waals surface area contributed by atoms with Crippen LogP contribution in [0.2, 0.25) is 0 Å². The first-order valence-electron chi connectivity index (χ1n) is 11.4. The van der Waals surface area contributed by atoms with Crippen LogP contribution in [0.3, 0.4) is 0 Å². The molecule has 2 aliphatic rings. The Morgan fingerprint density at radius 1 is 1.12 bits per heavy atom. The number of carbonyl (C=O) groups excluding carboxylic acids is 2. The second kappa shape index (κ2) is 9.67. The normalized spacial score (nSPS) is 20.6. The second-order valence-electron chi connectivity index (χ2n) is 9.00. The van der Waals surface area contributed by atoms with Crippen LogP contribution in [-0.4, -0.2) is 53.9 Å². The highest BCUT2D eigenvalue weighted by Crippen LogP contribution is 2.37. The molecule has 1 atom stereocenters. The van der Waals surface area contributed by atoms with E-state index in [0.717, 1.165) is 25.2 Å². The molecular formula is C25H31FN4O2. The molecule has 1 aromatic heterocycles. The predicted octanol–water partition coefficient (Wildman–Crippen LogP) is 3.18. The number of hydrogen-bond acceptors (Lipinski definition) is 4. The summed E-state index contributed by atoms with van der Waals surface area (Å²) in [6, 6.07) is 12.5. The van der Waals surface area contributed by atoms with Crippen molar-refractivity contribution in [2.24, 2.45) is 5.41 Å². The summed E-state index contributed by atoms with van der Waals surface area (Å²) in [5, 5.41) is 3.28. The molecule has 1 N–H and O–H groups in total. The van der Waals surface area contributed by atoms with Crippen molar-refractivity contribution in [1.82, 2.24) is 15.2 Å². The summed E-state index contributed by atoms with van der Waals surface area (Å²) in [6.45, 7) is 4.21. The van der Waals surface area contributed by atoms with Crippen molar-refractivity contribution in [3.05, 3.63) is 60.0 Å². The molecular weight excluding hydrogens is 407 g/mol. The molecule has 3 heterocycles. The molecule has 0 radical (unpaired) electrons. The Bertz CT molecular complexity index is 944. The SMILES string of the molecule is CC(=O)N1CCC(Cc2ccccc2F)(C(=O)NC2CCCN(c3ccccn3)C2)CC1. The number of nitrogens with one attached hydrogen (secondary N) is 1. The van der Waals surface area contributed by atoms with Gasteiger partial charge in [-0.3, -0.25) is 9.59 Å². The number of anilines is 1. The number of piperidine rings is 2. The molecule has 2 fully saturated rings. The number of amides is 2. The smallest absolute Gasteiger partial charge is 0.226 e. The van der Waals surface area contributed by atoms with Crippen LogP contribution < -0.4 is 10.2 Å². The van der Waals surface area contributed by atoms with E-state index in [4.69, 9.17) is 0 Å². The minimum Gasteiger partial charge on any atom is -0.355 e. The van der Waals surface area contributed by atoms with Crippen molar-refractivity contribution < 1.29 is 14.0 Å². The van der Waals surface area contributed by atoms with E-state index >= 15 is 0 Å². The summed E-state index contributed by atoms with van der Waals surface area (Å²) < 4.78 is 14.5. The number of halogens is 1. The number of rotatable bonds is 5. The summed E-state index contributed by atoms with van der Waals surface area (Å²) in [4.78, 5) is 33.9. The second-order valence-corrected chi connectivity index (χ2v) is 9.00. The molecule has 2 aromatic rings. The number of carbonyl (C=O) groups is 2. The van der Waals surface area contributed by atoms with Gasteiger partial charge in [0.05, 0.1) is 5.41 Å². The average molecular weight is 439 g/mol. The van der Waals surface area contributed by atoms with Gasteiger partial charge in [0.2, 0.25) is 11.8 Å². The molecule has 2 amide bonds. The number of pyridine rings is 1. The van der Waals surface area contributed by atoms with Crippen molar-refractivity contribution in [3.63, 3.8) is 0 Å². The van der Waals surface area contributed by atoms with Crippen LogP contribution in [-0.2, 0) is 16.0 Å². The first kappa shape index (κ1) is 22.2. The lowest BCUT2D eigenvalue weighted by molar-refractivity contribution is -0.140. The van der Waals surface area contributed by atoms with E-state index in [1.165, 1.54) is 6.07 Å². The van der Waals surface area contributed by atoms with Crippen molar-refractivity contribution in [2.75, 3.05) is 31.1 Å². The molecule has 0 saturated carbocycles. The number of benzene rings is 1. The van der Waals surface area contributed by atoms with E-state index in [1.807, 2.05) is 18.2 Å². The lowest BCUT2D eigenvalue weighted by Crippen LogP contribution is -2.55. The van der Waals surface area contributed by atoms with Crippen molar-refractivity contribution in [2.45, 2.75) is 45.1 Å². The van der Waals surface area contributed by atoms with E-state index in [0.29, 0.717) is 44.5 Å². The van der Waals surface area contributed by atoms with Gasteiger partial charge < -0.3 is 15.1 Å². The third-order valence-electron chi connectivity index (χ3n) is 6.86. The fourth-order valence-corrected chi connectivity index (χ4v) is 4.92. The largest absolute Gasteiger partial charge is 0.355 e. The highest BCUT2D eigenvalue weighted by molar-refractivity contribution is 5.84. The van der Waals surface area contributed by atoms with Crippen LogP contribution in [0.1, 0.15) is 38.2 Å². The molecule has 0 aliphatic carbocycles. The van der Waals surface area contributed by atoms with Gasteiger partial charge in [-0.2, -0.15) is 0 Å². The number of likely N-dealkylation sites (tertiary alicyclic amines) is 1. The number of hydrogen-bond donors (Lipinski definition) is 1. The van der Waals surface area contributed by atoms with Crippen LogP contribution in [0.5, 0.6) is 0 Å². The minimum atomic E-state index is -0.721. The monoisotopic (exact) mass is 438 g/mol. The summed E-state index contributed by atoms with van der Waals surface area (Å²) >= 11 is 0. The van der Waals surface area contributed by atoms with E-state index < -0.39 is 5.41 Å². The predicted molar refractivity (Wildman–Crippen MR) is 122 cm³/mol. The zero-order chi connectivity index (χ0) is 22.6. The fourth-order valence-electron chi connectivity index (χ4n) is 4.92. The average Bonchev–Trinajstić information content (AvgIpc) is 2.81. The van der Waals surface area contributed by atoms with E-state index in [-0.39, 0.29) is 23.7 Å². The van der Waals surface area contributed by atoms with Gasteiger partial charge in [0.1, 0.15) is 11.6 Å².